The van der Waals surface area contributed by atoms with Gasteiger partial charge in [-0.15, -0.1) is 0 Å². The molecule has 1 nitrogen and oxygen atoms in total. The summed E-state index contributed by atoms with van der Waals surface area (Å²) in [6.45, 7) is 13.0. The van der Waals surface area contributed by atoms with Gasteiger partial charge in [-0.3, -0.25) is 0 Å². The quantitative estimate of drug-likeness (QED) is 0.523. The highest BCUT2D eigenvalue weighted by molar-refractivity contribution is 6.05. The number of aryl methyl sites for hydroxylation is 3. The van der Waals surface area contributed by atoms with Gasteiger partial charge in [-0.2, -0.15) is 0 Å². The maximum atomic E-state index is 5.99. The van der Waals surface area contributed by atoms with Crippen LogP contribution in [0, 0.1) is 41.5 Å². The van der Waals surface area contributed by atoms with E-state index in [2.05, 4.69) is 46.8 Å². The van der Waals surface area contributed by atoms with E-state index >= 15 is 0 Å². The summed E-state index contributed by atoms with van der Waals surface area (Å²) in [6.07, 6.45) is 0. The Morgan fingerprint density at radius 2 is 1.42 bits per heavy atom. The van der Waals surface area contributed by atoms with E-state index in [1.54, 1.807) is 0 Å². The molecule has 0 atom stereocenters. The molecule has 1 aromatic carbocycles. The molecule has 2 aliphatic rings. The van der Waals surface area contributed by atoms with Gasteiger partial charge in [-0.1, -0.05) is 6.07 Å². The van der Waals surface area contributed by atoms with E-state index in [1.165, 1.54) is 44.2 Å². The third-order valence-corrected chi connectivity index (χ3v) is 4.70. The first kappa shape index (κ1) is 12.3. The normalized spacial score (nSPS) is 11.7. The van der Waals surface area contributed by atoms with Crippen molar-refractivity contribution in [3.8, 4) is 11.3 Å². The molecular weight excluding hydrogens is 232 g/mol. The topological polar surface area (TPSA) is 13.1 Å². The Morgan fingerprint density at radius 3 is 2.11 bits per heavy atom. The summed E-state index contributed by atoms with van der Waals surface area (Å²) in [5.41, 5.74) is 8.02. The Kier molecular flexibility index (Phi) is 2.50. The summed E-state index contributed by atoms with van der Waals surface area (Å²) >= 11 is 0. The van der Waals surface area contributed by atoms with Crippen LogP contribution >= 0.6 is 0 Å². The lowest BCUT2D eigenvalue weighted by molar-refractivity contribution is 0.526. The number of hydrogen-bond donors (Lipinski definition) is 0. The van der Waals surface area contributed by atoms with Crippen LogP contribution in [-0.2, 0) is 0 Å². The second-order valence-electron chi connectivity index (χ2n) is 5.70. The zero-order valence-electron chi connectivity index (χ0n) is 12.6. The second kappa shape index (κ2) is 3.86. The molecule has 0 radical (unpaired) electrons. The number of rotatable bonds is 0. The van der Waals surface area contributed by atoms with E-state index in [0.717, 1.165) is 11.5 Å². The molecule has 1 heteroatoms. The first-order valence-corrected chi connectivity index (χ1v) is 6.81. The smallest absolute Gasteiger partial charge is 0.135 e. The van der Waals surface area contributed by atoms with Crippen LogP contribution in [0.4, 0.5) is 0 Å². The maximum Gasteiger partial charge on any atom is 0.135 e. The van der Waals surface area contributed by atoms with Gasteiger partial charge in [0.05, 0.1) is 0 Å². The summed E-state index contributed by atoms with van der Waals surface area (Å²) < 4.78 is 5.99. The van der Waals surface area contributed by atoms with Crippen LogP contribution < -0.4 is 0 Å². The Morgan fingerprint density at radius 1 is 0.737 bits per heavy atom. The van der Waals surface area contributed by atoms with Crippen LogP contribution in [0.5, 0.6) is 0 Å². The Balaban J connectivity index is 2.59. The zero-order valence-corrected chi connectivity index (χ0v) is 12.6. The molecule has 0 saturated heterocycles. The van der Waals surface area contributed by atoms with E-state index in [1.807, 2.05) is 6.92 Å². The average molecular weight is 252 g/mol. The first-order chi connectivity index (χ1) is 8.91. The van der Waals surface area contributed by atoms with E-state index in [9.17, 15) is 0 Å². The van der Waals surface area contributed by atoms with Gasteiger partial charge in [0, 0.05) is 5.56 Å². The average Bonchev–Trinajstić information content (AvgIpc) is 2.71. The molecular formula is C18H20O. The number of fused-ring (bicyclic) bond motifs is 3. The predicted molar refractivity (Wildman–Crippen MR) is 81.3 cm³/mol. The van der Waals surface area contributed by atoms with Crippen molar-refractivity contribution in [2.24, 2.45) is 0 Å². The van der Waals surface area contributed by atoms with E-state index in [0.29, 0.717) is 0 Å². The van der Waals surface area contributed by atoms with Crippen molar-refractivity contribution in [2.45, 2.75) is 41.5 Å². The maximum absolute atomic E-state index is 5.99. The third kappa shape index (κ3) is 1.54. The van der Waals surface area contributed by atoms with Crippen molar-refractivity contribution in [1.82, 2.24) is 0 Å². The fraction of sp³-hybridized carbons (Fsp3) is 0.333. The standard InChI is InChI=1S/C18H20O/c1-9-7-15-8-16-18(17(15)12(4)10(9)2)13(5)11(3)14(6)19-16/h7-8H,1-6H3. The number of hydrogen-bond acceptors (Lipinski definition) is 1. The monoisotopic (exact) mass is 252 g/mol. The molecule has 0 bridgehead atoms. The highest BCUT2D eigenvalue weighted by Crippen LogP contribution is 2.42. The molecule has 98 valence electrons. The van der Waals surface area contributed by atoms with Gasteiger partial charge in [0.1, 0.15) is 11.5 Å². The summed E-state index contributed by atoms with van der Waals surface area (Å²) in [5, 5.41) is 2.66. The second-order valence-corrected chi connectivity index (χ2v) is 5.70. The van der Waals surface area contributed by atoms with Crippen molar-refractivity contribution in [2.75, 3.05) is 0 Å². The highest BCUT2D eigenvalue weighted by Gasteiger charge is 2.20. The molecule has 0 unspecified atom stereocenters. The van der Waals surface area contributed by atoms with Crippen LogP contribution in [0.25, 0.3) is 22.1 Å². The Hall–Kier alpha value is -1.76. The van der Waals surface area contributed by atoms with Crippen LogP contribution in [0.3, 0.4) is 0 Å². The molecule has 0 saturated carbocycles. The van der Waals surface area contributed by atoms with Crippen molar-refractivity contribution in [3.63, 3.8) is 0 Å². The molecule has 1 aliphatic carbocycles. The van der Waals surface area contributed by atoms with Crippen molar-refractivity contribution in [1.29, 1.82) is 0 Å². The van der Waals surface area contributed by atoms with Crippen molar-refractivity contribution in [3.05, 3.63) is 45.7 Å². The van der Waals surface area contributed by atoms with Gasteiger partial charge in [-0.25, -0.2) is 0 Å². The van der Waals surface area contributed by atoms with Gasteiger partial charge in [0.15, 0.2) is 0 Å². The Labute approximate surface area is 114 Å². The van der Waals surface area contributed by atoms with Crippen LogP contribution in [0.15, 0.2) is 16.5 Å². The van der Waals surface area contributed by atoms with E-state index in [-0.39, 0.29) is 0 Å². The minimum atomic E-state index is 1.02. The molecule has 1 aromatic rings. The van der Waals surface area contributed by atoms with Gasteiger partial charge < -0.3 is 4.42 Å². The third-order valence-electron chi connectivity index (χ3n) is 4.70. The van der Waals surface area contributed by atoms with Gasteiger partial charge in [-0.05, 0) is 86.2 Å². The van der Waals surface area contributed by atoms with Gasteiger partial charge in [0.25, 0.3) is 0 Å². The molecule has 3 rings (SSSR count). The fourth-order valence-electron chi connectivity index (χ4n) is 3.04. The molecule has 1 heterocycles. The molecule has 0 aromatic heterocycles. The summed E-state index contributed by atoms with van der Waals surface area (Å²) in [5.74, 6) is 2.04. The van der Waals surface area contributed by atoms with Crippen LogP contribution in [0.2, 0.25) is 0 Å². The summed E-state index contributed by atoms with van der Waals surface area (Å²) in [7, 11) is 0. The highest BCUT2D eigenvalue weighted by atomic mass is 16.3. The zero-order chi connectivity index (χ0) is 13.9. The SMILES string of the molecule is Cc1cc2cc3oc(C)c(C)c(C)c-3c2c(C)c1C. The summed E-state index contributed by atoms with van der Waals surface area (Å²) in [4.78, 5) is 0. The van der Waals surface area contributed by atoms with E-state index in [4.69, 9.17) is 4.42 Å². The minimum absolute atomic E-state index is 1.02. The van der Waals surface area contributed by atoms with E-state index < -0.39 is 0 Å². The molecule has 1 aliphatic heterocycles. The van der Waals surface area contributed by atoms with Crippen molar-refractivity contribution >= 4 is 10.8 Å². The first-order valence-electron chi connectivity index (χ1n) is 6.81. The van der Waals surface area contributed by atoms with Gasteiger partial charge in [0.2, 0.25) is 0 Å². The lowest BCUT2D eigenvalue weighted by Gasteiger charge is -2.13. The van der Waals surface area contributed by atoms with Crippen LogP contribution in [-0.4, -0.2) is 0 Å². The minimum Gasteiger partial charge on any atom is -0.461 e. The lowest BCUT2D eigenvalue weighted by Crippen LogP contribution is -1.93. The largest absolute Gasteiger partial charge is 0.461 e. The molecule has 0 spiro atoms. The molecule has 19 heavy (non-hydrogen) atoms. The predicted octanol–water partition coefficient (Wildman–Crippen LogP) is 5.39. The molecule has 0 amide bonds. The van der Waals surface area contributed by atoms with Crippen LogP contribution in [0.1, 0.15) is 33.6 Å². The molecule has 0 fully saturated rings. The number of benzene rings is 1. The fourth-order valence-corrected chi connectivity index (χ4v) is 3.04. The summed E-state index contributed by atoms with van der Waals surface area (Å²) in [6, 6.07) is 4.46. The van der Waals surface area contributed by atoms with Crippen molar-refractivity contribution < 1.29 is 4.42 Å². The lowest BCUT2D eigenvalue weighted by atomic mass is 9.95. The molecule has 0 N–H and O–H groups in total. The Bertz CT molecular complexity index is 775. The van der Waals surface area contributed by atoms with Gasteiger partial charge >= 0.3 is 0 Å².